The highest BCUT2D eigenvalue weighted by Crippen LogP contribution is 2.37. The van der Waals surface area contributed by atoms with Crippen molar-refractivity contribution in [3.05, 3.63) is 84.4 Å². The molecule has 0 fully saturated rings. The maximum absolute atomic E-state index is 14.9. The molecule has 0 aliphatic rings. The lowest BCUT2D eigenvalue weighted by Gasteiger charge is -2.11. The van der Waals surface area contributed by atoms with Crippen LogP contribution in [-0.4, -0.2) is 0 Å². The van der Waals surface area contributed by atoms with Crippen LogP contribution in [0, 0.1) is 11.6 Å². The first-order valence-electron chi connectivity index (χ1n) is 7.85. The average molecular weight is 314 g/mol. The maximum atomic E-state index is 14.9. The molecule has 0 radical (unpaired) electrons. The summed E-state index contributed by atoms with van der Waals surface area (Å²) in [4.78, 5) is 0. The van der Waals surface area contributed by atoms with Gasteiger partial charge in [-0.3, -0.25) is 0 Å². The van der Waals surface area contributed by atoms with E-state index in [0.29, 0.717) is 10.8 Å². The Bertz CT molecular complexity index is 1270. The van der Waals surface area contributed by atoms with Crippen LogP contribution in [0.1, 0.15) is 0 Å². The molecule has 0 unspecified atom stereocenters. The van der Waals surface area contributed by atoms with Crippen molar-refractivity contribution < 1.29 is 8.78 Å². The molecule has 0 spiro atoms. The van der Waals surface area contributed by atoms with Gasteiger partial charge in [-0.1, -0.05) is 72.8 Å². The second kappa shape index (κ2) is 4.75. The van der Waals surface area contributed by atoms with Gasteiger partial charge in [0.2, 0.25) is 0 Å². The van der Waals surface area contributed by atoms with Gasteiger partial charge in [-0.05, 0) is 32.3 Å². The molecule has 0 atom stereocenters. The summed E-state index contributed by atoms with van der Waals surface area (Å²) in [5.41, 5.74) is 0. The van der Waals surface area contributed by atoms with Gasteiger partial charge in [-0.2, -0.15) is 0 Å². The van der Waals surface area contributed by atoms with Crippen LogP contribution in [0.2, 0.25) is 0 Å². The van der Waals surface area contributed by atoms with Crippen LogP contribution in [0.3, 0.4) is 0 Å². The molecule has 2 heteroatoms. The van der Waals surface area contributed by atoms with E-state index in [0.717, 1.165) is 32.3 Å². The first kappa shape index (κ1) is 13.4. The number of benzene rings is 5. The van der Waals surface area contributed by atoms with E-state index in [1.807, 2.05) is 60.7 Å². The summed E-state index contributed by atoms with van der Waals surface area (Å²) in [7, 11) is 0. The first-order chi connectivity index (χ1) is 11.8. The van der Waals surface area contributed by atoms with E-state index in [1.165, 1.54) is 0 Å². The Hall–Kier alpha value is -3.00. The highest BCUT2D eigenvalue weighted by molar-refractivity contribution is 6.22. The average Bonchev–Trinajstić information content (AvgIpc) is 2.65. The summed E-state index contributed by atoms with van der Waals surface area (Å²) in [5.74, 6) is -1.55. The van der Waals surface area contributed by atoms with Crippen LogP contribution >= 0.6 is 0 Å². The lowest BCUT2D eigenvalue weighted by Crippen LogP contribution is -1.92. The van der Waals surface area contributed by atoms with E-state index in [1.54, 1.807) is 12.1 Å². The highest BCUT2D eigenvalue weighted by Gasteiger charge is 2.16. The fourth-order valence-electron chi connectivity index (χ4n) is 3.69. The van der Waals surface area contributed by atoms with Gasteiger partial charge < -0.3 is 0 Å². The molecule has 5 aromatic rings. The SMILES string of the molecule is Fc1c(F)c2c(ccc3c4ccccc4ccc32)c2ccccc12. The molecule has 5 aromatic carbocycles. The van der Waals surface area contributed by atoms with Crippen LogP contribution < -0.4 is 0 Å². The third-order valence-electron chi connectivity index (χ3n) is 4.79. The van der Waals surface area contributed by atoms with Gasteiger partial charge in [-0.25, -0.2) is 8.78 Å². The molecule has 0 bridgehead atoms. The monoisotopic (exact) mass is 314 g/mol. The van der Waals surface area contributed by atoms with E-state index in [-0.39, 0.29) is 0 Å². The molecular formula is C22H12F2. The van der Waals surface area contributed by atoms with Gasteiger partial charge in [0.05, 0.1) is 0 Å². The molecule has 24 heavy (non-hydrogen) atoms. The predicted molar refractivity (Wildman–Crippen MR) is 96.4 cm³/mol. The second-order valence-electron chi connectivity index (χ2n) is 6.04. The van der Waals surface area contributed by atoms with E-state index >= 15 is 0 Å². The van der Waals surface area contributed by atoms with Crippen LogP contribution in [0.15, 0.2) is 72.8 Å². The van der Waals surface area contributed by atoms with Gasteiger partial charge >= 0.3 is 0 Å². The quantitative estimate of drug-likeness (QED) is 0.283. The van der Waals surface area contributed by atoms with Crippen LogP contribution in [0.4, 0.5) is 8.78 Å². The van der Waals surface area contributed by atoms with E-state index in [2.05, 4.69) is 0 Å². The van der Waals surface area contributed by atoms with Crippen molar-refractivity contribution >= 4 is 43.1 Å². The van der Waals surface area contributed by atoms with Crippen LogP contribution in [0.5, 0.6) is 0 Å². The second-order valence-corrected chi connectivity index (χ2v) is 6.04. The topological polar surface area (TPSA) is 0 Å². The molecule has 0 nitrogen and oxygen atoms in total. The van der Waals surface area contributed by atoms with Crippen LogP contribution in [0.25, 0.3) is 43.1 Å². The fourth-order valence-corrected chi connectivity index (χ4v) is 3.69. The molecule has 5 rings (SSSR count). The first-order valence-corrected chi connectivity index (χ1v) is 7.85. The summed E-state index contributed by atoms with van der Waals surface area (Å²) < 4.78 is 29.5. The van der Waals surface area contributed by atoms with Crippen molar-refractivity contribution in [2.24, 2.45) is 0 Å². The Kier molecular flexibility index (Phi) is 2.66. The molecule has 0 N–H and O–H groups in total. The zero-order chi connectivity index (χ0) is 16.3. The van der Waals surface area contributed by atoms with Crippen molar-refractivity contribution in [1.29, 1.82) is 0 Å². The number of hydrogen-bond donors (Lipinski definition) is 0. The molecule has 0 aliphatic heterocycles. The minimum Gasteiger partial charge on any atom is -0.203 e. The molecule has 114 valence electrons. The minimum atomic E-state index is -0.779. The summed E-state index contributed by atoms with van der Waals surface area (Å²) in [6, 6.07) is 22.8. The molecule has 0 heterocycles. The summed E-state index contributed by atoms with van der Waals surface area (Å²) in [5, 5.41) is 5.98. The number of rotatable bonds is 0. The number of hydrogen-bond acceptors (Lipinski definition) is 0. The molecule has 0 aromatic heterocycles. The standard InChI is InChI=1S/C22H12F2/c23-21-19-8-4-3-7-15(19)18-12-11-16-14-6-2-1-5-13(14)9-10-17(16)20(18)22(21)24/h1-12H. The van der Waals surface area contributed by atoms with Crippen molar-refractivity contribution in [3.63, 3.8) is 0 Å². The number of halogens is 2. The van der Waals surface area contributed by atoms with Gasteiger partial charge in [0, 0.05) is 10.8 Å². The third-order valence-corrected chi connectivity index (χ3v) is 4.79. The molecule has 0 saturated carbocycles. The smallest absolute Gasteiger partial charge is 0.167 e. The van der Waals surface area contributed by atoms with Gasteiger partial charge in [0.25, 0.3) is 0 Å². The van der Waals surface area contributed by atoms with Crippen molar-refractivity contribution in [1.82, 2.24) is 0 Å². The van der Waals surface area contributed by atoms with Gasteiger partial charge in [0.15, 0.2) is 11.6 Å². The van der Waals surface area contributed by atoms with Gasteiger partial charge in [0.1, 0.15) is 0 Å². The summed E-state index contributed by atoms with van der Waals surface area (Å²) >= 11 is 0. The Morgan fingerprint density at radius 1 is 0.417 bits per heavy atom. The third kappa shape index (κ3) is 1.65. The van der Waals surface area contributed by atoms with Gasteiger partial charge in [-0.15, -0.1) is 0 Å². The minimum absolute atomic E-state index is 0.322. The van der Waals surface area contributed by atoms with E-state index in [9.17, 15) is 8.78 Å². The molecule has 0 saturated heterocycles. The van der Waals surface area contributed by atoms with Crippen molar-refractivity contribution in [3.8, 4) is 0 Å². The maximum Gasteiger partial charge on any atom is 0.167 e. The van der Waals surface area contributed by atoms with E-state index in [4.69, 9.17) is 0 Å². The van der Waals surface area contributed by atoms with Crippen LogP contribution in [-0.2, 0) is 0 Å². The Balaban J connectivity index is 2.11. The van der Waals surface area contributed by atoms with E-state index < -0.39 is 11.6 Å². The lowest BCUT2D eigenvalue weighted by atomic mass is 9.93. The largest absolute Gasteiger partial charge is 0.203 e. The normalized spacial score (nSPS) is 11.8. The lowest BCUT2D eigenvalue weighted by molar-refractivity contribution is 0.525. The highest BCUT2D eigenvalue weighted by atomic mass is 19.2. The number of fused-ring (bicyclic) bond motifs is 7. The zero-order valence-electron chi connectivity index (χ0n) is 12.7. The Morgan fingerprint density at radius 3 is 1.75 bits per heavy atom. The summed E-state index contributed by atoms with van der Waals surface area (Å²) in [6.07, 6.45) is 0. The Labute approximate surface area is 136 Å². The molecule has 0 amide bonds. The van der Waals surface area contributed by atoms with Crippen molar-refractivity contribution in [2.75, 3.05) is 0 Å². The fraction of sp³-hybridized carbons (Fsp3) is 0. The molecule has 0 aliphatic carbocycles. The molecular weight excluding hydrogens is 302 g/mol. The Morgan fingerprint density at radius 2 is 0.958 bits per heavy atom. The summed E-state index contributed by atoms with van der Waals surface area (Å²) in [6.45, 7) is 0. The van der Waals surface area contributed by atoms with Crippen molar-refractivity contribution in [2.45, 2.75) is 0 Å². The zero-order valence-corrected chi connectivity index (χ0v) is 12.7. The predicted octanol–water partition coefficient (Wildman–Crippen LogP) is 6.58.